The molecule has 1 rings (SSSR count). The van der Waals surface area contributed by atoms with Crippen LogP contribution in [0.4, 0.5) is 5.69 Å². The van der Waals surface area contributed by atoms with E-state index in [0.29, 0.717) is 11.6 Å². The molecule has 0 atom stereocenters. The third-order valence-electron chi connectivity index (χ3n) is 2.00. The van der Waals surface area contributed by atoms with E-state index in [2.05, 4.69) is 12.0 Å². The number of aryl methyl sites for hydroxylation is 2. The summed E-state index contributed by atoms with van der Waals surface area (Å²) in [7, 11) is 1.86. The first-order valence-electron chi connectivity index (χ1n) is 5.35. The van der Waals surface area contributed by atoms with E-state index < -0.39 is 0 Å². The summed E-state index contributed by atoms with van der Waals surface area (Å²) in [6.45, 7) is 8.11. The molecular weight excluding hydrogens is 190 g/mol. The van der Waals surface area contributed by atoms with Crippen molar-refractivity contribution in [2.75, 3.05) is 5.73 Å². The fourth-order valence-corrected chi connectivity index (χ4v) is 1.41. The van der Waals surface area contributed by atoms with Crippen molar-refractivity contribution in [2.24, 2.45) is 7.05 Å². The minimum Gasteiger partial charge on any atom is -0.471 e. The lowest BCUT2D eigenvalue weighted by Gasteiger charge is -2.21. The molecule has 1 aromatic heterocycles. The number of rotatable bonds is 3. The Labute approximate surface area is 91.4 Å². The second kappa shape index (κ2) is 4.13. The van der Waals surface area contributed by atoms with Crippen molar-refractivity contribution in [3.63, 3.8) is 0 Å². The lowest BCUT2D eigenvalue weighted by atomic mass is 10.2. The average Bonchev–Trinajstić information content (AvgIpc) is 2.32. The summed E-state index contributed by atoms with van der Waals surface area (Å²) in [4.78, 5) is 0. The highest BCUT2D eigenvalue weighted by Crippen LogP contribution is 2.28. The van der Waals surface area contributed by atoms with Crippen LogP contribution in [0.5, 0.6) is 5.88 Å². The van der Waals surface area contributed by atoms with Gasteiger partial charge in [0.15, 0.2) is 0 Å². The second-order valence-corrected chi connectivity index (χ2v) is 4.75. The number of ether oxygens (including phenoxy) is 1. The maximum absolute atomic E-state index is 5.99. The summed E-state index contributed by atoms with van der Waals surface area (Å²) in [5.74, 6) is 0.672. The summed E-state index contributed by atoms with van der Waals surface area (Å²) in [6.07, 6.45) is 1.93. The van der Waals surface area contributed by atoms with Crippen molar-refractivity contribution in [3.8, 4) is 5.88 Å². The van der Waals surface area contributed by atoms with Crippen molar-refractivity contribution < 1.29 is 4.74 Å². The molecule has 0 aliphatic heterocycles. The number of nitrogens with two attached hydrogens (primary N) is 1. The molecular formula is C11H21N3O. The molecule has 0 aliphatic rings. The van der Waals surface area contributed by atoms with Crippen LogP contribution in [-0.4, -0.2) is 15.4 Å². The van der Waals surface area contributed by atoms with Crippen LogP contribution < -0.4 is 10.5 Å². The number of nitrogen functional groups attached to an aromatic ring is 1. The van der Waals surface area contributed by atoms with E-state index in [1.807, 2.05) is 27.8 Å². The van der Waals surface area contributed by atoms with E-state index >= 15 is 0 Å². The molecule has 4 nitrogen and oxygen atoms in total. The molecule has 0 unspecified atom stereocenters. The fraction of sp³-hybridized carbons (Fsp3) is 0.727. The van der Waals surface area contributed by atoms with Crippen LogP contribution in [0, 0.1) is 0 Å². The first-order valence-corrected chi connectivity index (χ1v) is 5.35. The molecule has 0 saturated heterocycles. The molecule has 1 heterocycles. The van der Waals surface area contributed by atoms with Gasteiger partial charge in [-0.2, -0.15) is 5.10 Å². The third-order valence-corrected chi connectivity index (χ3v) is 2.00. The van der Waals surface area contributed by atoms with E-state index in [9.17, 15) is 0 Å². The zero-order valence-electron chi connectivity index (χ0n) is 10.3. The molecule has 0 aromatic carbocycles. The van der Waals surface area contributed by atoms with Crippen LogP contribution in [-0.2, 0) is 13.5 Å². The molecule has 0 bridgehead atoms. The van der Waals surface area contributed by atoms with E-state index in [1.165, 1.54) is 0 Å². The molecule has 0 radical (unpaired) electrons. The summed E-state index contributed by atoms with van der Waals surface area (Å²) >= 11 is 0. The molecule has 0 saturated carbocycles. The predicted octanol–water partition coefficient (Wildman–Crippen LogP) is 2.13. The van der Waals surface area contributed by atoms with Gasteiger partial charge in [0.2, 0.25) is 5.88 Å². The largest absolute Gasteiger partial charge is 0.471 e. The van der Waals surface area contributed by atoms with E-state index in [0.717, 1.165) is 18.5 Å². The maximum atomic E-state index is 5.99. The molecule has 4 heteroatoms. The van der Waals surface area contributed by atoms with Gasteiger partial charge in [0, 0.05) is 7.05 Å². The van der Waals surface area contributed by atoms with Gasteiger partial charge in [-0.3, -0.25) is 0 Å². The summed E-state index contributed by atoms with van der Waals surface area (Å²) in [5, 5.41) is 4.35. The molecule has 0 fully saturated rings. The van der Waals surface area contributed by atoms with Crippen LogP contribution in [0.3, 0.4) is 0 Å². The number of hydrogen-bond acceptors (Lipinski definition) is 3. The Morgan fingerprint density at radius 1 is 1.40 bits per heavy atom. The van der Waals surface area contributed by atoms with Gasteiger partial charge in [-0.05, 0) is 27.2 Å². The van der Waals surface area contributed by atoms with Crippen LogP contribution >= 0.6 is 0 Å². The van der Waals surface area contributed by atoms with E-state index in [1.54, 1.807) is 4.68 Å². The standard InChI is InChI=1S/C11H21N3O/c1-6-7-8-9(12)10(14(5)13-8)15-11(2,3)4/h6-7,12H2,1-5H3. The van der Waals surface area contributed by atoms with Gasteiger partial charge >= 0.3 is 0 Å². The quantitative estimate of drug-likeness (QED) is 0.833. The van der Waals surface area contributed by atoms with Gasteiger partial charge in [0.25, 0.3) is 0 Å². The molecule has 2 N–H and O–H groups in total. The average molecular weight is 211 g/mol. The highest BCUT2D eigenvalue weighted by Gasteiger charge is 2.20. The smallest absolute Gasteiger partial charge is 0.236 e. The van der Waals surface area contributed by atoms with Crippen molar-refractivity contribution in [1.29, 1.82) is 0 Å². The predicted molar refractivity (Wildman–Crippen MR) is 62.0 cm³/mol. The van der Waals surface area contributed by atoms with Gasteiger partial charge in [0.05, 0.1) is 5.69 Å². The summed E-state index contributed by atoms with van der Waals surface area (Å²) in [5.41, 5.74) is 7.35. The van der Waals surface area contributed by atoms with Crippen molar-refractivity contribution in [1.82, 2.24) is 9.78 Å². The van der Waals surface area contributed by atoms with Gasteiger partial charge in [0.1, 0.15) is 11.3 Å². The number of aromatic nitrogens is 2. The Morgan fingerprint density at radius 3 is 2.47 bits per heavy atom. The minimum atomic E-state index is -0.245. The van der Waals surface area contributed by atoms with Gasteiger partial charge in [-0.25, -0.2) is 4.68 Å². The molecule has 0 amide bonds. The Bertz CT molecular complexity index is 336. The maximum Gasteiger partial charge on any atom is 0.236 e. The first-order chi connectivity index (χ1) is 6.85. The topological polar surface area (TPSA) is 53.1 Å². The SMILES string of the molecule is CCCc1nn(C)c(OC(C)(C)C)c1N. The van der Waals surface area contributed by atoms with Crippen molar-refractivity contribution in [3.05, 3.63) is 5.69 Å². The Kier molecular flexibility index (Phi) is 3.27. The van der Waals surface area contributed by atoms with Crippen molar-refractivity contribution >= 4 is 5.69 Å². The molecule has 0 spiro atoms. The third kappa shape index (κ3) is 2.88. The van der Waals surface area contributed by atoms with Gasteiger partial charge in [-0.15, -0.1) is 0 Å². The fourth-order valence-electron chi connectivity index (χ4n) is 1.41. The second-order valence-electron chi connectivity index (χ2n) is 4.75. The minimum absolute atomic E-state index is 0.245. The van der Waals surface area contributed by atoms with Crippen molar-refractivity contribution in [2.45, 2.75) is 46.1 Å². The van der Waals surface area contributed by atoms with E-state index in [4.69, 9.17) is 10.5 Å². The molecule has 0 aliphatic carbocycles. The Morgan fingerprint density at radius 2 is 2.00 bits per heavy atom. The lowest BCUT2D eigenvalue weighted by molar-refractivity contribution is 0.118. The number of nitrogens with zero attached hydrogens (tertiary/aromatic N) is 2. The zero-order valence-corrected chi connectivity index (χ0v) is 10.3. The molecule has 86 valence electrons. The Balaban J connectivity index is 2.98. The monoisotopic (exact) mass is 211 g/mol. The van der Waals surface area contributed by atoms with Crippen LogP contribution in [0.1, 0.15) is 39.8 Å². The zero-order chi connectivity index (χ0) is 11.6. The van der Waals surface area contributed by atoms with Crippen LogP contribution in [0.15, 0.2) is 0 Å². The number of anilines is 1. The highest BCUT2D eigenvalue weighted by molar-refractivity contribution is 5.53. The highest BCUT2D eigenvalue weighted by atomic mass is 16.5. The van der Waals surface area contributed by atoms with Gasteiger partial charge in [-0.1, -0.05) is 13.3 Å². The normalized spacial score (nSPS) is 11.8. The molecule has 15 heavy (non-hydrogen) atoms. The van der Waals surface area contributed by atoms with E-state index in [-0.39, 0.29) is 5.60 Å². The van der Waals surface area contributed by atoms with Gasteiger partial charge < -0.3 is 10.5 Å². The lowest BCUT2D eigenvalue weighted by Crippen LogP contribution is -2.24. The summed E-state index contributed by atoms with van der Waals surface area (Å²) < 4.78 is 7.48. The Hall–Kier alpha value is -1.19. The van der Waals surface area contributed by atoms with Crippen LogP contribution in [0.25, 0.3) is 0 Å². The van der Waals surface area contributed by atoms with Crippen LogP contribution in [0.2, 0.25) is 0 Å². The summed E-state index contributed by atoms with van der Waals surface area (Å²) in [6, 6.07) is 0. The molecule has 1 aromatic rings. The first kappa shape index (κ1) is 11.9. The number of hydrogen-bond donors (Lipinski definition) is 1.